The van der Waals surface area contributed by atoms with Crippen molar-refractivity contribution in [2.24, 2.45) is 4.99 Å². The third-order valence-electron chi connectivity index (χ3n) is 4.72. The summed E-state index contributed by atoms with van der Waals surface area (Å²) in [5, 5.41) is 6.83. The van der Waals surface area contributed by atoms with Gasteiger partial charge in [0.05, 0.1) is 13.2 Å². The number of aliphatic imine (C=N–C) groups is 1. The van der Waals surface area contributed by atoms with Crippen LogP contribution in [0.3, 0.4) is 0 Å². The number of hydrogen-bond acceptors (Lipinski definition) is 3. The number of unbranched alkanes of at least 4 members (excludes halogenated alkanes) is 1. The Morgan fingerprint density at radius 1 is 1.21 bits per heavy atom. The molecule has 1 aliphatic heterocycles. The first-order chi connectivity index (χ1) is 11.9. The lowest BCUT2D eigenvalue weighted by atomic mass is 9.97. The molecular formula is C19H36N4O. The van der Waals surface area contributed by atoms with E-state index >= 15 is 0 Å². The normalized spacial score (nSPS) is 19.9. The van der Waals surface area contributed by atoms with E-state index in [4.69, 9.17) is 9.73 Å². The van der Waals surface area contributed by atoms with Crippen LogP contribution in [-0.4, -0.2) is 63.3 Å². The molecule has 1 aliphatic carbocycles. The van der Waals surface area contributed by atoms with Crippen LogP contribution in [0.1, 0.15) is 51.9 Å². The maximum Gasteiger partial charge on any atom is 0.191 e. The highest BCUT2D eigenvalue weighted by Gasteiger charge is 2.09. The summed E-state index contributed by atoms with van der Waals surface area (Å²) < 4.78 is 5.38. The van der Waals surface area contributed by atoms with E-state index in [0.29, 0.717) is 0 Å². The van der Waals surface area contributed by atoms with E-state index in [1.807, 2.05) is 0 Å². The topological polar surface area (TPSA) is 48.9 Å². The van der Waals surface area contributed by atoms with E-state index in [9.17, 15) is 0 Å². The highest BCUT2D eigenvalue weighted by Crippen LogP contribution is 2.19. The average molecular weight is 337 g/mol. The quantitative estimate of drug-likeness (QED) is 0.294. The molecular weight excluding hydrogens is 300 g/mol. The molecule has 0 aromatic heterocycles. The Kier molecular flexibility index (Phi) is 9.88. The second-order valence-electron chi connectivity index (χ2n) is 6.71. The minimum Gasteiger partial charge on any atom is -0.379 e. The van der Waals surface area contributed by atoms with Gasteiger partial charge >= 0.3 is 0 Å². The molecule has 0 unspecified atom stereocenters. The van der Waals surface area contributed by atoms with Gasteiger partial charge in [0, 0.05) is 32.7 Å². The second kappa shape index (κ2) is 12.3. The van der Waals surface area contributed by atoms with E-state index in [2.05, 4.69) is 28.5 Å². The van der Waals surface area contributed by atoms with Gasteiger partial charge in [0.1, 0.15) is 0 Å². The van der Waals surface area contributed by atoms with Crippen LogP contribution in [0.5, 0.6) is 0 Å². The SMILES string of the molecule is CCNC(=NCCCCN1CCOCC1)NCCC1=CCCCC1. The Balaban J connectivity index is 1.57. The highest BCUT2D eigenvalue weighted by atomic mass is 16.5. The molecule has 5 nitrogen and oxygen atoms in total. The van der Waals surface area contributed by atoms with Crippen LogP contribution in [0.4, 0.5) is 0 Å². The molecule has 0 aromatic rings. The third kappa shape index (κ3) is 8.15. The molecule has 1 heterocycles. The van der Waals surface area contributed by atoms with Crippen molar-refractivity contribution in [1.82, 2.24) is 15.5 Å². The molecule has 1 fully saturated rings. The summed E-state index contributed by atoms with van der Waals surface area (Å²) in [6.07, 6.45) is 11.2. The lowest BCUT2D eigenvalue weighted by molar-refractivity contribution is 0.0373. The number of morpholine rings is 1. The molecule has 2 N–H and O–H groups in total. The van der Waals surface area contributed by atoms with Crippen molar-refractivity contribution in [3.05, 3.63) is 11.6 Å². The van der Waals surface area contributed by atoms with Crippen molar-refractivity contribution in [3.63, 3.8) is 0 Å². The van der Waals surface area contributed by atoms with Crippen molar-refractivity contribution in [2.45, 2.75) is 51.9 Å². The van der Waals surface area contributed by atoms with Crippen molar-refractivity contribution >= 4 is 5.96 Å². The second-order valence-corrected chi connectivity index (χ2v) is 6.71. The minimum atomic E-state index is 0.892. The summed E-state index contributed by atoms with van der Waals surface area (Å²) in [6, 6.07) is 0. The number of nitrogens with zero attached hydrogens (tertiary/aromatic N) is 2. The van der Waals surface area contributed by atoms with E-state index in [-0.39, 0.29) is 0 Å². The van der Waals surface area contributed by atoms with Crippen LogP contribution in [-0.2, 0) is 4.74 Å². The van der Waals surface area contributed by atoms with Crippen LogP contribution >= 0.6 is 0 Å². The Bertz CT molecular complexity index is 389. The molecule has 0 atom stereocenters. The van der Waals surface area contributed by atoms with Gasteiger partial charge in [-0.05, 0) is 58.4 Å². The predicted octanol–water partition coefficient (Wildman–Crippen LogP) is 2.54. The maximum absolute atomic E-state index is 5.38. The lowest BCUT2D eigenvalue weighted by Gasteiger charge is -2.26. The first-order valence-corrected chi connectivity index (χ1v) is 9.88. The molecule has 0 radical (unpaired) electrons. The summed E-state index contributed by atoms with van der Waals surface area (Å²) in [6.45, 7) is 10.1. The Hall–Kier alpha value is -1.07. The smallest absolute Gasteiger partial charge is 0.191 e. The molecule has 0 aromatic carbocycles. The Labute approximate surface area is 147 Å². The number of rotatable bonds is 9. The minimum absolute atomic E-state index is 0.892. The Morgan fingerprint density at radius 2 is 2.08 bits per heavy atom. The fraction of sp³-hybridized carbons (Fsp3) is 0.842. The zero-order valence-corrected chi connectivity index (χ0v) is 15.5. The van der Waals surface area contributed by atoms with Crippen LogP contribution in [0, 0.1) is 0 Å². The van der Waals surface area contributed by atoms with Gasteiger partial charge in [-0.1, -0.05) is 11.6 Å². The molecule has 2 aliphatic rings. The summed E-state index contributed by atoms with van der Waals surface area (Å²) >= 11 is 0. The maximum atomic E-state index is 5.38. The van der Waals surface area contributed by atoms with Gasteiger partial charge in [-0.25, -0.2) is 0 Å². The monoisotopic (exact) mass is 336 g/mol. The summed E-state index contributed by atoms with van der Waals surface area (Å²) in [4.78, 5) is 7.21. The van der Waals surface area contributed by atoms with Crippen molar-refractivity contribution in [1.29, 1.82) is 0 Å². The van der Waals surface area contributed by atoms with E-state index in [0.717, 1.165) is 64.7 Å². The van der Waals surface area contributed by atoms with Gasteiger partial charge in [0.15, 0.2) is 5.96 Å². The van der Waals surface area contributed by atoms with E-state index in [1.54, 1.807) is 5.57 Å². The van der Waals surface area contributed by atoms with Gasteiger partial charge < -0.3 is 15.4 Å². The number of guanidine groups is 1. The number of ether oxygens (including phenoxy) is 1. The molecule has 138 valence electrons. The molecule has 5 heteroatoms. The first kappa shape index (κ1) is 19.3. The van der Waals surface area contributed by atoms with Gasteiger partial charge in [-0.15, -0.1) is 0 Å². The Morgan fingerprint density at radius 3 is 2.83 bits per heavy atom. The zero-order chi connectivity index (χ0) is 16.9. The largest absolute Gasteiger partial charge is 0.379 e. The third-order valence-corrected chi connectivity index (χ3v) is 4.72. The first-order valence-electron chi connectivity index (χ1n) is 9.88. The summed E-state index contributed by atoms with van der Waals surface area (Å²) in [5.74, 6) is 0.972. The van der Waals surface area contributed by atoms with Crippen LogP contribution < -0.4 is 10.6 Å². The van der Waals surface area contributed by atoms with Crippen molar-refractivity contribution in [3.8, 4) is 0 Å². The fourth-order valence-electron chi connectivity index (χ4n) is 3.28. The predicted molar refractivity (Wildman–Crippen MR) is 102 cm³/mol. The molecule has 0 amide bonds. The van der Waals surface area contributed by atoms with E-state index < -0.39 is 0 Å². The van der Waals surface area contributed by atoms with Crippen LogP contribution in [0.25, 0.3) is 0 Å². The number of allylic oxidation sites excluding steroid dienone is 1. The summed E-state index contributed by atoms with van der Waals surface area (Å²) in [5.41, 5.74) is 1.62. The van der Waals surface area contributed by atoms with Gasteiger partial charge in [0.25, 0.3) is 0 Å². The van der Waals surface area contributed by atoms with Gasteiger partial charge in [0.2, 0.25) is 0 Å². The van der Waals surface area contributed by atoms with Crippen LogP contribution in [0.15, 0.2) is 16.6 Å². The zero-order valence-electron chi connectivity index (χ0n) is 15.5. The number of nitrogens with one attached hydrogen (secondary N) is 2. The van der Waals surface area contributed by atoms with Crippen molar-refractivity contribution < 1.29 is 4.74 Å². The van der Waals surface area contributed by atoms with E-state index in [1.165, 1.54) is 38.6 Å². The highest BCUT2D eigenvalue weighted by molar-refractivity contribution is 5.79. The summed E-state index contributed by atoms with van der Waals surface area (Å²) in [7, 11) is 0. The van der Waals surface area contributed by atoms with Gasteiger partial charge in [-0.3, -0.25) is 9.89 Å². The molecule has 0 saturated carbocycles. The standard InChI is InChI=1S/C19H36N4O/c1-2-20-19(22-12-10-18-8-4-3-5-9-18)21-11-6-7-13-23-14-16-24-17-15-23/h8H,2-7,9-17H2,1H3,(H2,20,21,22). The molecule has 24 heavy (non-hydrogen) atoms. The number of hydrogen-bond donors (Lipinski definition) is 2. The van der Waals surface area contributed by atoms with Crippen molar-refractivity contribution in [2.75, 3.05) is 52.5 Å². The lowest BCUT2D eigenvalue weighted by Crippen LogP contribution is -2.38. The van der Waals surface area contributed by atoms with Crippen LogP contribution in [0.2, 0.25) is 0 Å². The van der Waals surface area contributed by atoms with Gasteiger partial charge in [-0.2, -0.15) is 0 Å². The fourth-order valence-corrected chi connectivity index (χ4v) is 3.28. The average Bonchev–Trinajstić information content (AvgIpc) is 2.63. The molecule has 0 spiro atoms. The molecule has 2 rings (SSSR count). The molecule has 1 saturated heterocycles. The molecule has 0 bridgehead atoms.